The van der Waals surface area contributed by atoms with Crippen molar-refractivity contribution in [1.82, 2.24) is 14.9 Å². The van der Waals surface area contributed by atoms with E-state index in [1.165, 1.54) is 30.0 Å². The summed E-state index contributed by atoms with van der Waals surface area (Å²) in [4.78, 5) is 0. The van der Waals surface area contributed by atoms with Gasteiger partial charge in [-0.05, 0) is 48.4 Å². The number of aromatic nitrogens is 3. The SMILES string of the molecule is CCOc1cc(CNn2cnnc2SCc2ccc(F)cc2)cc(Cl)c1OCc1ccccc1F. The normalized spacial score (nSPS) is 10.9. The fourth-order valence-electron chi connectivity index (χ4n) is 3.23. The molecule has 0 atom stereocenters. The van der Waals surface area contributed by atoms with Crippen molar-refractivity contribution in [2.75, 3.05) is 12.0 Å². The van der Waals surface area contributed by atoms with Crippen molar-refractivity contribution in [2.45, 2.75) is 31.0 Å². The largest absolute Gasteiger partial charge is 0.490 e. The van der Waals surface area contributed by atoms with Crippen LogP contribution in [0, 0.1) is 11.6 Å². The molecule has 1 heterocycles. The van der Waals surface area contributed by atoms with Crippen LogP contribution in [0.5, 0.6) is 11.5 Å². The quantitative estimate of drug-likeness (QED) is 0.239. The highest BCUT2D eigenvalue weighted by atomic mass is 35.5. The predicted octanol–water partition coefficient (Wildman–Crippen LogP) is 6.22. The van der Waals surface area contributed by atoms with E-state index in [1.54, 1.807) is 47.4 Å². The van der Waals surface area contributed by atoms with E-state index in [2.05, 4.69) is 15.6 Å². The smallest absolute Gasteiger partial charge is 0.210 e. The summed E-state index contributed by atoms with van der Waals surface area (Å²) in [6.07, 6.45) is 1.57. The molecule has 1 N–H and O–H groups in total. The van der Waals surface area contributed by atoms with Crippen LogP contribution in [-0.2, 0) is 18.9 Å². The van der Waals surface area contributed by atoms with Crippen molar-refractivity contribution >= 4 is 23.4 Å². The molecule has 6 nitrogen and oxygen atoms in total. The number of hydrogen-bond acceptors (Lipinski definition) is 6. The average Bonchev–Trinajstić information content (AvgIpc) is 3.30. The van der Waals surface area contributed by atoms with Crippen molar-refractivity contribution in [2.24, 2.45) is 0 Å². The number of ether oxygens (including phenoxy) is 2. The molecule has 0 saturated carbocycles. The van der Waals surface area contributed by atoms with E-state index in [-0.39, 0.29) is 18.2 Å². The molecule has 3 aromatic carbocycles. The van der Waals surface area contributed by atoms with E-state index >= 15 is 0 Å². The lowest BCUT2D eigenvalue weighted by Gasteiger charge is -2.16. The van der Waals surface area contributed by atoms with Gasteiger partial charge in [-0.3, -0.25) is 0 Å². The van der Waals surface area contributed by atoms with Crippen LogP contribution in [-0.4, -0.2) is 21.5 Å². The zero-order chi connectivity index (χ0) is 24.6. The fraction of sp³-hybridized carbons (Fsp3) is 0.200. The van der Waals surface area contributed by atoms with Gasteiger partial charge < -0.3 is 14.9 Å². The molecule has 0 aliphatic rings. The zero-order valence-electron chi connectivity index (χ0n) is 18.9. The van der Waals surface area contributed by atoms with Gasteiger partial charge in [-0.1, -0.05) is 53.7 Å². The topological polar surface area (TPSA) is 61.2 Å². The van der Waals surface area contributed by atoms with Gasteiger partial charge in [-0.25, -0.2) is 13.5 Å². The second kappa shape index (κ2) is 11.9. The lowest BCUT2D eigenvalue weighted by atomic mass is 10.2. The second-order valence-corrected chi connectivity index (χ2v) is 8.80. The highest BCUT2D eigenvalue weighted by Crippen LogP contribution is 2.37. The lowest BCUT2D eigenvalue weighted by Crippen LogP contribution is -2.15. The molecule has 4 rings (SSSR count). The molecule has 0 radical (unpaired) electrons. The molecule has 0 saturated heterocycles. The monoisotopic (exact) mass is 516 g/mol. The molecule has 0 fully saturated rings. The minimum absolute atomic E-state index is 0.0272. The van der Waals surface area contributed by atoms with Crippen molar-refractivity contribution in [3.05, 3.63) is 100 Å². The van der Waals surface area contributed by atoms with Gasteiger partial charge in [0.2, 0.25) is 5.16 Å². The molecule has 4 aromatic rings. The first kappa shape index (κ1) is 24.8. The highest BCUT2D eigenvalue weighted by Gasteiger charge is 2.15. The summed E-state index contributed by atoms with van der Waals surface area (Å²) < 4.78 is 40.3. The fourth-order valence-corrected chi connectivity index (χ4v) is 4.36. The Hall–Kier alpha value is -3.30. The van der Waals surface area contributed by atoms with E-state index in [9.17, 15) is 8.78 Å². The molecule has 0 aliphatic heterocycles. The van der Waals surface area contributed by atoms with Crippen LogP contribution in [0.25, 0.3) is 0 Å². The van der Waals surface area contributed by atoms with E-state index in [1.807, 2.05) is 13.0 Å². The standard InChI is InChI=1S/C25H23ClF2N4O2S/c1-2-33-23-12-18(11-21(26)24(23)34-14-19-5-3-4-6-22(19)28)13-30-32-16-29-31-25(32)35-15-17-7-9-20(27)10-8-17/h3-12,16,30H,2,13-15H2,1H3. The van der Waals surface area contributed by atoms with Gasteiger partial charge in [0.25, 0.3) is 0 Å². The Morgan fingerprint density at radius 1 is 1.03 bits per heavy atom. The van der Waals surface area contributed by atoms with Gasteiger partial charge in [-0.15, -0.1) is 10.2 Å². The molecule has 35 heavy (non-hydrogen) atoms. The Morgan fingerprint density at radius 3 is 2.60 bits per heavy atom. The van der Waals surface area contributed by atoms with Gasteiger partial charge in [0.1, 0.15) is 24.6 Å². The van der Waals surface area contributed by atoms with Crippen LogP contribution in [0.2, 0.25) is 5.02 Å². The maximum Gasteiger partial charge on any atom is 0.210 e. The predicted molar refractivity (Wildman–Crippen MR) is 132 cm³/mol. The van der Waals surface area contributed by atoms with Crippen LogP contribution >= 0.6 is 23.4 Å². The number of nitrogens with one attached hydrogen (secondary N) is 1. The van der Waals surface area contributed by atoms with Crippen LogP contribution in [0.1, 0.15) is 23.6 Å². The van der Waals surface area contributed by atoms with E-state index in [4.69, 9.17) is 21.1 Å². The number of rotatable bonds is 11. The summed E-state index contributed by atoms with van der Waals surface area (Å²) in [5, 5.41) is 9.13. The van der Waals surface area contributed by atoms with E-state index < -0.39 is 0 Å². The number of halogens is 3. The molecule has 0 amide bonds. The Morgan fingerprint density at radius 2 is 1.83 bits per heavy atom. The molecule has 0 unspecified atom stereocenters. The molecule has 0 spiro atoms. The van der Waals surface area contributed by atoms with Crippen molar-refractivity contribution < 1.29 is 18.3 Å². The van der Waals surface area contributed by atoms with Gasteiger partial charge in [0, 0.05) is 11.3 Å². The Balaban J connectivity index is 1.42. The third-order valence-electron chi connectivity index (χ3n) is 4.95. The summed E-state index contributed by atoms with van der Waals surface area (Å²) in [5.41, 5.74) is 5.49. The molecule has 1 aromatic heterocycles. The molecule has 0 aliphatic carbocycles. The lowest BCUT2D eigenvalue weighted by molar-refractivity contribution is 0.266. The average molecular weight is 517 g/mol. The molecular formula is C25H23ClF2N4O2S. The Bertz CT molecular complexity index is 1270. The van der Waals surface area contributed by atoms with Gasteiger partial charge in [0.05, 0.1) is 18.2 Å². The number of thioether (sulfide) groups is 1. The second-order valence-electron chi connectivity index (χ2n) is 7.45. The van der Waals surface area contributed by atoms with Gasteiger partial charge in [-0.2, -0.15) is 0 Å². The maximum absolute atomic E-state index is 14.0. The summed E-state index contributed by atoms with van der Waals surface area (Å²) in [7, 11) is 0. The minimum Gasteiger partial charge on any atom is -0.490 e. The van der Waals surface area contributed by atoms with Crippen molar-refractivity contribution in [3.63, 3.8) is 0 Å². The first-order valence-electron chi connectivity index (χ1n) is 10.9. The minimum atomic E-state index is -0.343. The number of hydrogen-bond donors (Lipinski definition) is 1. The number of benzene rings is 3. The first-order chi connectivity index (χ1) is 17.0. The van der Waals surface area contributed by atoms with E-state index in [0.29, 0.717) is 46.1 Å². The summed E-state index contributed by atoms with van der Waals surface area (Å²) in [5.74, 6) is 0.847. The Labute approximate surface area is 211 Å². The van der Waals surface area contributed by atoms with Crippen molar-refractivity contribution in [1.29, 1.82) is 0 Å². The highest BCUT2D eigenvalue weighted by molar-refractivity contribution is 7.98. The maximum atomic E-state index is 14.0. The van der Waals surface area contributed by atoms with Crippen LogP contribution in [0.15, 0.2) is 72.1 Å². The molecule has 0 bridgehead atoms. The molecular weight excluding hydrogens is 494 g/mol. The number of nitrogens with zero attached hydrogens (tertiary/aromatic N) is 3. The van der Waals surface area contributed by atoms with Crippen LogP contribution in [0.3, 0.4) is 0 Å². The first-order valence-corrected chi connectivity index (χ1v) is 12.2. The summed E-state index contributed by atoms with van der Waals surface area (Å²) in [6.45, 7) is 2.72. The van der Waals surface area contributed by atoms with Crippen molar-refractivity contribution in [3.8, 4) is 11.5 Å². The van der Waals surface area contributed by atoms with Crippen LogP contribution < -0.4 is 14.9 Å². The van der Waals surface area contributed by atoms with Crippen LogP contribution in [0.4, 0.5) is 8.78 Å². The van der Waals surface area contributed by atoms with Gasteiger partial charge >= 0.3 is 0 Å². The van der Waals surface area contributed by atoms with Gasteiger partial charge in [0.15, 0.2) is 11.5 Å². The summed E-state index contributed by atoms with van der Waals surface area (Å²) >= 11 is 7.98. The Kier molecular flexibility index (Phi) is 8.44. The molecule has 182 valence electrons. The third-order valence-corrected chi connectivity index (χ3v) is 6.25. The zero-order valence-corrected chi connectivity index (χ0v) is 20.5. The summed E-state index contributed by atoms with van der Waals surface area (Å²) in [6, 6.07) is 16.4. The van der Waals surface area contributed by atoms with E-state index in [0.717, 1.165) is 11.1 Å². The molecule has 10 heteroatoms. The third kappa shape index (κ3) is 6.64.